The second kappa shape index (κ2) is 19.3. The fourth-order valence-corrected chi connectivity index (χ4v) is 8.62. The molecular weight excluding hydrogens is 1000 g/mol. The Balaban J connectivity index is 0.000000224. The second-order valence-corrected chi connectivity index (χ2v) is 16.8. The Morgan fingerprint density at radius 3 is 1.96 bits per heavy atom. The molecule has 7 nitrogen and oxygen atoms in total. The summed E-state index contributed by atoms with van der Waals surface area (Å²) in [5, 5.41) is 10.9. The van der Waals surface area contributed by atoms with Gasteiger partial charge in [-0.1, -0.05) is 130 Å². The van der Waals surface area contributed by atoms with Gasteiger partial charge in [-0.25, -0.2) is 9.97 Å². The van der Waals surface area contributed by atoms with E-state index in [1.807, 2.05) is 54.6 Å². The third kappa shape index (κ3) is 8.71. The predicted octanol–water partition coefficient (Wildman–Crippen LogP) is 14.8. The molecule has 8 heteroatoms. The number of hydrogen-bond donors (Lipinski definition) is 0. The van der Waals surface area contributed by atoms with Crippen LogP contribution in [0.25, 0.3) is 94.9 Å². The van der Waals surface area contributed by atoms with Gasteiger partial charge in [-0.3, -0.25) is 4.98 Å². The fourth-order valence-electron chi connectivity index (χ4n) is 8.62. The summed E-state index contributed by atoms with van der Waals surface area (Å²) >= 11 is 0. The third-order valence-corrected chi connectivity index (χ3v) is 11.9. The number of hydrogen-bond acceptors (Lipinski definition) is 6. The van der Waals surface area contributed by atoms with Crippen LogP contribution in [0.3, 0.4) is 0 Å². The fraction of sp³-hybridized carbons (Fsp3) is 0.102. The van der Waals surface area contributed by atoms with Crippen LogP contribution in [0, 0.1) is 23.5 Å². The van der Waals surface area contributed by atoms with Crippen LogP contribution in [-0.4, -0.2) is 24.5 Å². The Labute approximate surface area is 403 Å². The first-order valence-corrected chi connectivity index (χ1v) is 22.1. The van der Waals surface area contributed by atoms with E-state index in [0.29, 0.717) is 11.4 Å². The Hall–Kier alpha value is -7.82. The summed E-state index contributed by atoms with van der Waals surface area (Å²) in [5.74, 6) is 1.95. The average molecular weight is 1050 g/mol. The average Bonchev–Trinajstić information content (AvgIpc) is 3.95. The number of rotatable bonds is 8. The van der Waals surface area contributed by atoms with Crippen LogP contribution in [0.15, 0.2) is 187 Å². The number of pyridine rings is 1. The molecule has 11 rings (SSSR count). The Bertz CT molecular complexity index is 3510. The topological polar surface area (TPSA) is 93.4 Å². The molecule has 0 spiro atoms. The minimum absolute atomic E-state index is 0. The van der Waals surface area contributed by atoms with Crippen molar-refractivity contribution >= 4 is 33.0 Å². The third-order valence-electron chi connectivity index (χ3n) is 11.9. The van der Waals surface area contributed by atoms with E-state index in [4.69, 9.17) is 14.7 Å². The number of para-hydroxylation sites is 2. The summed E-state index contributed by atoms with van der Waals surface area (Å²) in [4.78, 5) is 18.1. The van der Waals surface area contributed by atoms with E-state index >= 15 is 0 Å². The quantitative estimate of drug-likeness (QED) is 0.141. The Morgan fingerprint density at radius 2 is 1.28 bits per heavy atom. The second-order valence-electron chi connectivity index (χ2n) is 16.8. The summed E-state index contributed by atoms with van der Waals surface area (Å²) in [6, 6.07) is 65.0. The number of nitriles is 1. The number of nitrogens with zero attached hydrogens (tertiary/aromatic N) is 6. The maximum Gasteiger partial charge on any atom is 0.151 e. The first kappa shape index (κ1) is 44.4. The van der Waals surface area contributed by atoms with Crippen LogP contribution in [0.1, 0.15) is 56.2 Å². The molecule has 0 saturated carbocycles. The van der Waals surface area contributed by atoms with Crippen molar-refractivity contribution in [2.45, 2.75) is 39.5 Å². The van der Waals surface area contributed by atoms with Crippen molar-refractivity contribution in [3.05, 3.63) is 211 Å². The Morgan fingerprint density at radius 1 is 0.612 bits per heavy atom. The SMILES string of the molecule is CC(C)c1cc(-c2ccccc2)cc(C(C)C)c1-n1c(-c2[c-]ccc3c2oc2cc(-c4ccccc4)ccc23)nc2ccccc21.N#Cc1cnc(-c2cccnc2-c2[c-]cccc2)nc1.[Ir]. The van der Waals surface area contributed by atoms with E-state index in [9.17, 15) is 0 Å². The normalized spacial score (nSPS) is 11.1. The molecule has 4 aromatic heterocycles. The molecule has 0 aliphatic carbocycles. The van der Waals surface area contributed by atoms with Crippen molar-refractivity contribution in [3.8, 4) is 68.0 Å². The van der Waals surface area contributed by atoms with Crippen molar-refractivity contribution in [2.75, 3.05) is 0 Å². The minimum Gasteiger partial charge on any atom is -0.501 e. The maximum absolute atomic E-state index is 8.78. The summed E-state index contributed by atoms with van der Waals surface area (Å²) in [5.41, 5.74) is 16.0. The first-order valence-electron chi connectivity index (χ1n) is 22.1. The molecule has 0 saturated heterocycles. The molecule has 327 valence electrons. The molecule has 7 aromatic carbocycles. The van der Waals surface area contributed by atoms with Crippen LogP contribution in [0.2, 0.25) is 0 Å². The molecular formula is C59H44IrN6O-2. The maximum atomic E-state index is 8.78. The van der Waals surface area contributed by atoms with Crippen LogP contribution in [-0.2, 0) is 20.1 Å². The van der Waals surface area contributed by atoms with Crippen molar-refractivity contribution in [2.24, 2.45) is 0 Å². The largest absolute Gasteiger partial charge is 0.501 e. The van der Waals surface area contributed by atoms with E-state index in [-0.39, 0.29) is 31.9 Å². The van der Waals surface area contributed by atoms with Gasteiger partial charge in [0, 0.05) is 55.3 Å². The number of furan rings is 1. The number of imidazole rings is 1. The van der Waals surface area contributed by atoms with Gasteiger partial charge in [0.25, 0.3) is 0 Å². The van der Waals surface area contributed by atoms with Crippen molar-refractivity contribution in [1.82, 2.24) is 24.5 Å². The molecule has 0 fully saturated rings. The Kier molecular flexibility index (Phi) is 12.8. The van der Waals surface area contributed by atoms with Crippen molar-refractivity contribution in [3.63, 3.8) is 0 Å². The predicted molar refractivity (Wildman–Crippen MR) is 266 cm³/mol. The van der Waals surface area contributed by atoms with E-state index in [1.165, 1.54) is 45.9 Å². The molecule has 0 N–H and O–H groups in total. The number of benzene rings is 7. The van der Waals surface area contributed by atoms with E-state index in [0.717, 1.165) is 66.7 Å². The van der Waals surface area contributed by atoms with Gasteiger partial charge in [0.15, 0.2) is 5.82 Å². The zero-order valence-electron chi connectivity index (χ0n) is 37.4. The first-order chi connectivity index (χ1) is 32.4. The molecule has 0 aliphatic rings. The molecule has 0 aliphatic heterocycles. The van der Waals surface area contributed by atoms with Crippen LogP contribution in [0.5, 0.6) is 0 Å². The van der Waals surface area contributed by atoms with E-state index < -0.39 is 0 Å². The summed E-state index contributed by atoms with van der Waals surface area (Å²) in [6.45, 7) is 9.14. The zero-order valence-corrected chi connectivity index (χ0v) is 39.8. The van der Waals surface area contributed by atoms with Gasteiger partial charge in [-0.2, -0.15) is 5.26 Å². The molecule has 0 amide bonds. The van der Waals surface area contributed by atoms with Crippen LogP contribution >= 0.6 is 0 Å². The molecule has 4 heterocycles. The van der Waals surface area contributed by atoms with Gasteiger partial charge < -0.3 is 14.0 Å². The molecule has 11 aromatic rings. The van der Waals surface area contributed by atoms with Gasteiger partial charge in [-0.05, 0) is 87.3 Å². The summed E-state index contributed by atoms with van der Waals surface area (Å²) < 4.78 is 9.10. The van der Waals surface area contributed by atoms with Gasteiger partial charge in [0.2, 0.25) is 0 Å². The molecule has 0 atom stereocenters. The smallest absolute Gasteiger partial charge is 0.151 e. The van der Waals surface area contributed by atoms with E-state index in [2.05, 4.69) is 175 Å². The summed E-state index contributed by atoms with van der Waals surface area (Å²) in [6.07, 6.45) is 4.74. The molecule has 1 radical (unpaired) electrons. The van der Waals surface area contributed by atoms with Gasteiger partial charge in [-0.15, -0.1) is 54.1 Å². The van der Waals surface area contributed by atoms with Gasteiger partial charge in [0.1, 0.15) is 11.7 Å². The minimum atomic E-state index is 0. The summed E-state index contributed by atoms with van der Waals surface area (Å²) in [7, 11) is 0. The van der Waals surface area contributed by atoms with Crippen molar-refractivity contribution in [1.29, 1.82) is 5.26 Å². The van der Waals surface area contributed by atoms with Crippen LogP contribution in [0.4, 0.5) is 0 Å². The molecule has 67 heavy (non-hydrogen) atoms. The van der Waals surface area contributed by atoms with Crippen molar-refractivity contribution < 1.29 is 24.5 Å². The number of aromatic nitrogens is 5. The van der Waals surface area contributed by atoms with Crippen LogP contribution < -0.4 is 0 Å². The number of fused-ring (bicyclic) bond motifs is 4. The van der Waals surface area contributed by atoms with Gasteiger partial charge in [0.05, 0.1) is 28.0 Å². The molecule has 0 unspecified atom stereocenters. The monoisotopic (exact) mass is 1050 g/mol. The standard InChI is InChI=1S/C43H35N2O.C16H9N4.Ir/c1-27(2)36-24-32(30-16-9-6-10-17-30)25-37(28(3)4)41(36)45-39-21-12-11-20-38(39)44-43(45)35-19-13-18-34-33-23-22-31(26-40(33)46-42(34)35)29-14-7-5-8-15-29;17-9-12-10-19-16(20-11-12)14-7-4-8-18-15(14)13-5-2-1-3-6-13;/h5-18,20-28H,1-4H3;1-5,7-8,10-11H;/q2*-1;. The van der Waals surface area contributed by atoms with E-state index in [1.54, 1.807) is 6.20 Å². The van der Waals surface area contributed by atoms with Gasteiger partial charge >= 0.3 is 0 Å². The molecule has 0 bridgehead atoms. The zero-order chi connectivity index (χ0) is 45.1.